The molecule has 0 unspecified atom stereocenters. The van der Waals surface area contributed by atoms with E-state index in [9.17, 15) is 29.6 Å². The van der Waals surface area contributed by atoms with E-state index in [0.717, 1.165) is 17.1 Å². The van der Waals surface area contributed by atoms with Gasteiger partial charge in [-0.15, -0.1) is 16.9 Å². The quantitative estimate of drug-likeness (QED) is 0.205. The molecule has 17 heteroatoms. The van der Waals surface area contributed by atoms with E-state index < -0.39 is 40.2 Å². The zero-order chi connectivity index (χ0) is 23.9. The Hall–Kier alpha value is -3.47. The number of tetrazole rings is 1. The Kier molecular flexibility index (Phi) is 6.07. The van der Waals surface area contributed by atoms with Crippen molar-refractivity contribution in [2.24, 2.45) is 7.05 Å². The number of aliphatic carboxylic acids is 1. The highest BCUT2D eigenvalue weighted by Gasteiger charge is 2.54. The smallest absolute Gasteiger partial charge is 0.352 e. The van der Waals surface area contributed by atoms with E-state index in [1.807, 2.05) is 0 Å². The second kappa shape index (κ2) is 8.81. The molecule has 0 bridgehead atoms. The molecule has 2 amide bonds. The predicted octanol–water partition coefficient (Wildman–Crippen LogP) is -0.593. The fourth-order valence-corrected chi connectivity index (χ4v) is 5.65. The molecule has 33 heavy (non-hydrogen) atoms. The topological polar surface area (TPSA) is 191 Å². The highest BCUT2D eigenvalue weighted by atomic mass is 32.2. The van der Waals surface area contributed by atoms with Crippen LogP contribution in [0.2, 0.25) is 0 Å². The van der Waals surface area contributed by atoms with Crippen molar-refractivity contribution in [3.63, 3.8) is 0 Å². The van der Waals surface area contributed by atoms with Gasteiger partial charge in [0.2, 0.25) is 11.1 Å². The molecular weight excluding hydrogens is 478 g/mol. The van der Waals surface area contributed by atoms with E-state index in [4.69, 9.17) is 0 Å². The third kappa shape index (κ3) is 4.15. The number of hydrogen-bond acceptors (Lipinski definition) is 11. The first-order valence-corrected chi connectivity index (χ1v) is 11.5. The molecule has 15 nitrogen and oxygen atoms in total. The van der Waals surface area contributed by atoms with E-state index in [-0.39, 0.29) is 17.1 Å². The molecule has 4 rings (SSSR count). The van der Waals surface area contributed by atoms with Gasteiger partial charge in [-0.2, -0.15) is 5.10 Å². The fraction of sp³-hybridized carbons (Fsp3) is 0.438. The van der Waals surface area contributed by atoms with Crippen molar-refractivity contribution < 1.29 is 24.4 Å². The van der Waals surface area contributed by atoms with Crippen molar-refractivity contribution >= 4 is 47.0 Å². The third-order valence-corrected chi connectivity index (χ3v) is 7.52. The Morgan fingerprint density at radius 3 is 2.85 bits per heavy atom. The molecule has 2 aliphatic heterocycles. The lowest BCUT2D eigenvalue weighted by Crippen LogP contribution is -2.71. The van der Waals surface area contributed by atoms with Gasteiger partial charge >= 0.3 is 11.7 Å². The average molecular weight is 496 g/mol. The van der Waals surface area contributed by atoms with E-state index in [1.165, 1.54) is 40.0 Å². The van der Waals surface area contributed by atoms with E-state index >= 15 is 0 Å². The van der Waals surface area contributed by atoms with Gasteiger partial charge in [0.25, 0.3) is 5.91 Å². The molecule has 2 aromatic rings. The van der Waals surface area contributed by atoms with Crippen molar-refractivity contribution in [3.8, 4) is 0 Å². The molecule has 2 aliphatic rings. The number of thioether (sulfide) groups is 2. The van der Waals surface area contributed by atoms with Gasteiger partial charge in [-0.1, -0.05) is 11.8 Å². The maximum Gasteiger partial charge on any atom is 0.352 e. The molecule has 1 fully saturated rings. The van der Waals surface area contributed by atoms with Crippen LogP contribution in [0.1, 0.15) is 13.0 Å². The SMILES string of the molecule is C[C@H](C(=O)N[C@@H]1C(=O)N2C(C(=O)O)=C(CSc3nnnn3C)CS[C@H]12)n1cc([N+](=O)[O-])cn1. The van der Waals surface area contributed by atoms with Crippen LogP contribution >= 0.6 is 23.5 Å². The highest BCUT2D eigenvalue weighted by molar-refractivity contribution is 8.01. The van der Waals surface area contributed by atoms with Crippen LogP contribution in [-0.4, -0.2) is 85.6 Å². The minimum absolute atomic E-state index is 0.104. The van der Waals surface area contributed by atoms with Gasteiger partial charge in [0.15, 0.2) is 0 Å². The van der Waals surface area contributed by atoms with Crippen LogP contribution in [0.15, 0.2) is 28.8 Å². The van der Waals surface area contributed by atoms with E-state index in [1.54, 1.807) is 7.05 Å². The maximum atomic E-state index is 12.8. The van der Waals surface area contributed by atoms with Gasteiger partial charge in [-0.3, -0.25) is 29.3 Å². The fourth-order valence-electron chi connectivity index (χ4n) is 3.32. The minimum Gasteiger partial charge on any atom is -0.477 e. The van der Waals surface area contributed by atoms with Crippen LogP contribution in [0.4, 0.5) is 5.69 Å². The lowest BCUT2D eigenvalue weighted by Gasteiger charge is -2.49. The monoisotopic (exact) mass is 495 g/mol. The number of carboxylic acid groups (broad SMARTS) is 1. The molecule has 0 spiro atoms. The van der Waals surface area contributed by atoms with Gasteiger partial charge in [0.1, 0.15) is 35.5 Å². The van der Waals surface area contributed by atoms with Gasteiger partial charge in [0.05, 0.1) is 4.92 Å². The molecule has 2 N–H and O–H groups in total. The van der Waals surface area contributed by atoms with E-state index in [0.29, 0.717) is 16.5 Å². The van der Waals surface area contributed by atoms with Crippen LogP contribution in [0.3, 0.4) is 0 Å². The number of carbonyl (C=O) groups is 3. The highest BCUT2D eigenvalue weighted by Crippen LogP contribution is 2.41. The molecule has 0 radical (unpaired) electrons. The van der Waals surface area contributed by atoms with Crippen molar-refractivity contribution in [2.75, 3.05) is 11.5 Å². The van der Waals surface area contributed by atoms with Crippen molar-refractivity contribution in [1.29, 1.82) is 0 Å². The number of aryl methyl sites for hydroxylation is 1. The summed E-state index contributed by atoms with van der Waals surface area (Å²) in [5.41, 5.74) is 0.182. The summed E-state index contributed by atoms with van der Waals surface area (Å²) in [6.45, 7) is 1.49. The van der Waals surface area contributed by atoms with Crippen LogP contribution in [0, 0.1) is 10.1 Å². The van der Waals surface area contributed by atoms with Gasteiger partial charge in [0, 0.05) is 18.6 Å². The first-order valence-electron chi connectivity index (χ1n) is 9.43. The van der Waals surface area contributed by atoms with Gasteiger partial charge in [-0.25, -0.2) is 9.48 Å². The first kappa shape index (κ1) is 22.7. The summed E-state index contributed by atoms with van der Waals surface area (Å²) in [4.78, 5) is 48.7. The summed E-state index contributed by atoms with van der Waals surface area (Å²) in [5, 5.41) is 38.0. The van der Waals surface area contributed by atoms with Crippen LogP contribution in [0.5, 0.6) is 0 Å². The Morgan fingerprint density at radius 2 is 2.24 bits per heavy atom. The third-order valence-electron chi connectivity index (χ3n) is 5.08. The first-order chi connectivity index (χ1) is 15.7. The molecule has 4 heterocycles. The number of β-lactam (4-membered cyclic amide) rings is 1. The van der Waals surface area contributed by atoms with Crippen molar-refractivity contribution in [2.45, 2.75) is 29.5 Å². The lowest BCUT2D eigenvalue weighted by molar-refractivity contribution is -0.385. The zero-order valence-electron chi connectivity index (χ0n) is 17.2. The predicted molar refractivity (Wildman–Crippen MR) is 113 cm³/mol. The minimum atomic E-state index is -1.23. The summed E-state index contributed by atoms with van der Waals surface area (Å²) in [5.74, 6) is -1.71. The number of fused-ring (bicyclic) bond motifs is 1. The van der Waals surface area contributed by atoms with Crippen molar-refractivity contribution in [3.05, 3.63) is 33.8 Å². The summed E-state index contributed by atoms with van der Waals surface area (Å²) in [7, 11) is 1.66. The molecular formula is C16H17N9O6S2. The summed E-state index contributed by atoms with van der Waals surface area (Å²) in [6.07, 6.45) is 2.15. The normalized spacial score (nSPS) is 20.8. The molecule has 0 aliphatic carbocycles. The Morgan fingerprint density at radius 1 is 1.48 bits per heavy atom. The molecule has 1 saturated heterocycles. The Balaban J connectivity index is 1.45. The average Bonchev–Trinajstić information content (AvgIpc) is 3.43. The van der Waals surface area contributed by atoms with E-state index in [2.05, 4.69) is 25.9 Å². The largest absolute Gasteiger partial charge is 0.477 e. The van der Waals surface area contributed by atoms with Gasteiger partial charge in [-0.05, 0) is 22.9 Å². The maximum absolute atomic E-state index is 12.8. The number of rotatable bonds is 8. The number of nitro groups is 1. The van der Waals surface area contributed by atoms with Gasteiger partial charge < -0.3 is 10.4 Å². The summed E-state index contributed by atoms with van der Waals surface area (Å²) in [6, 6.07) is -1.82. The summed E-state index contributed by atoms with van der Waals surface area (Å²) < 4.78 is 2.59. The number of aromatic nitrogens is 6. The number of hydrogen-bond donors (Lipinski definition) is 2. The number of carbonyl (C=O) groups excluding carboxylic acids is 2. The number of nitrogens with one attached hydrogen (secondary N) is 1. The van der Waals surface area contributed by atoms with Crippen molar-refractivity contribution in [1.82, 2.24) is 40.2 Å². The number of nitrogens with zero attached hydrogens (tertiary/aromatic N) is 8. The number of carboxylic acids is 1. The lowest BCUT2D eigenvalue weighted by atomic mass is 10.0. The molecule has 0 aromatic carbocycles. The standard InChI is InChI=1S/C16H17N9O6S2/c1-7(23-4-9(3-17-23)25(30)31)12(26)18-10-13(27)24-11(15(28)29)8(5-32-14(10)24)6-33-16-19-20-21-22(16)2/h3-4,7,10,14H,5-6H2,1-2H3,(H,18,26)(H,28,29)/t7-,10-,14-/m1/s1. The Bertz CT molecular complexity index is 1180. The molecule has 0 saturated carbocycles. The second-order valence-corrected chi connectivity index (χ2v) is 9.19. The number of amides is 2. The second-order valence-electron chi connectivity index (χ2n) is 7.14. The van der Waals surface area contributed by atoms with Crippen LogP contribution in [-0.2, 0) is 21.4 Å². The Labute approximate surface area is 193 Å². The molecule has 2 aromatic heterocycles. The summed E-state index contributed by atoms with van der Waals surface area (Å²) >= 11 is 2.59. The van der Waals surface area contributed by atoms with Crippen LogP contribution < -0.4 is 5.32 Å². The molecule has 3 atom stereocenters. The van der Waals surface area contributed by atoms with Crippen LogP contribution in [0.25, 0.3) is 0 Å². The molecule has 174 valence electrons. The zero-order valence-corrected chi connectivity index (χ0v) is 18.8.